The van der Waals surface area contributed by atoms with Crippen molar-refractivity contribution in [1.82, 2.24) is 10.3 Å². The summed E-state index contributed by atoms with van der Waals surface area (Å²) in [7, 11) is 0. The van der Waals surface area contributed by atoms with Crippen molar-refractivity contribution in [2.45, 2.75) is 59.0 Å². The molecule has 0 bridgehead atoms. The monoisotopic (exact) mass is 486 g/mol. The molecule has 188 valence electrons. The van der Waals surface area contributed by atoms with Crippen LogP contribution >= 0.6 is 0 Å². The number of carbonyl (C=O) groups is 3. The van der Waals surface area contributed by atoms with Gasteiger partial charge in [0.05, 0.1) is 0 Å². The topological polar surface area (TPSA) is 91.4 Å². The van der Waals surface area contributed by atoms with E-state index in [1.807, 2.05) is 83.1 Å². The van der Waals surface area contributed by atoms with E-state index < -0.39 is 11.6 Å². The highest BCUT2D eigenvalue weighted by atomic mass is 16.2. The van der Waals surface area contributed by atoms with Crippen molar-refractivity contribution in [3.05, 3.63) is 89.6 Å². The lowest BCUT2D eigenvalue weighted by Gasteiger charge is -2.34. The molecule has 0 radical (unpaired) electrons. The van der Waals surface area contributed by atoms with Crippen LogP contribution in [0.3, 0.4) is 0 Å². The van der Waals surface area contributed by atoms with Gasteiger partial charge in [-0.3, -0.25) is 19.3 Å². The standard InChI is InChI=1S/C29H34N4O3/c1-20-12-14-22(15-13-20)27(28(36)32-29(3,4)5)33(23-10-8-9-21(2)19-23)26(35)17-16-25(34)31-24-11-6-7-18-30-24/h6-15,18-19,27H,16-17H2,1-5H3,(H,32,36)(H,30,31,34)/t27-/m0/s1. The fraction of sp³-hybridized carbons (Fsp3) is 0.310. The maximum Gasteiger partial charge on any atom is 0.248 e. The third kappa shape index (κ3) is 7.50. The van der Waals surface area contributed by atoms with Crippen LogP contribution in [-0.2, 0) is 14.4 Å². The zero-order valence-corrected chi connectivity index (χ0v) is 21.5. The Bertz CT molecular complexity index is 1200. The fourth-order valence-corrected chi connectivity index (χ4v) is 3.80. The molecule has 0 aliphatic carbocycles. The summed E-state index contributed by atoms with van der Waals surface area (Å²) in [5.74, 6) is -0.518. The summed E-state index contributed by atoms with van der Waals surface area (Å²) < 4.78 is 0. The van der Waals surface area contributed by atoms with Gasteiger partial charge in [0.1, 0.15) is 11.9 Å². The molecule has 0 fully saturated rings. The molecule has 0 aliphatic heterocycles. The third-order valence-electron chi connectivity index (χ3n) is 5.44. The molecule has 0 aliphatic rings. The second-order valence-electron chi connectivity index (χ2n) is 9.92. The molecule has 0 saturated heterocycles. The summed E-state index contributed by atoms with van der Waals surface area (Å²) in [6.45, 7) is 9.61. The van der Waals surface area contributed by atoms with Gasteiger partial charge in [0.15, 0.2) is 0 Å². The van der Waals surface area contributed by atoms with Crippen molar-refractivity contribution in [3.63, 3.8) is 0 Å². The highest BCUT2D eigenvalue weighted by Gasteiger charge is 2.34. The summed E-state index contributed by atoms with van der Waals surface area (Å²) in [5, 5.41) is 5.74. The molecule has 1 heterocycles. The summed E-state index contributed by atoms with van der Waals surface area (Å²) >= 11 is 0. The predicted molar refractivity (Wildman–Crippen MR) is 143 cm³/mol. The highest BCUT2D eigenvalue weighted by molar-refractivity contribution is 6.03. The minimum atomic E-state index is -0.905. The van der Waals surface area contributed by atoms with E-state index >= 15 is 0 Å². The Balaban J connectivity index is 1.95. The second kappa shape index (κ2) is 11.6. The number of nitrogens with one attached hydrogen (secondary N) is 2. The first-order valence-electron chi connectivity index (χ1n) is 12.0. The Morgan fingerprint density at radius 2 is 1.61 bits per heavy atom. The molecule has 1 atom stereocenters. The van der Waals surface area contributed by atoms with E-state index in [9.17, 15) is 14.4 Å². The number of hydrogen-bond acceptors (Lipinski definition) is 4. The zero-order chi connectivity index (χ0) is 26.3. The summed E-state index contributed by atoms with van der Waals surface area (Å²) in [6, 6.07) is 19.4. The van der Waals surface area contributed by atoms with Crippen LogP contribution in [0.5, 0.6) is 0 Å². The molecule has 1 aromatic heterocycles. The molecular formula is C29H34N4O3. The van der Waals surface area contributed by atoms with Crippen molar-refractivity contribution < 1.29 is 14.4 Å². The van der Waals surface area contributed by atoms with Crippen LogP contribution < -0.4 is 15.5 Å². The summed E-state index contributed by atoms with van der Waals surface area (Å²) in [4.78, 5) is 45.5. The first-order valence-corrected chi connectivity index (χ1v) is 12.0. The minimum Gasteiger partial charge on any atom is -0.349 e. The zero-order valence-electron chi connectivity index (χ0n) is 21.5. The number of anilines is 2. The number of hydrogen-bond donors (Lipinski definition) is 2. The van der Waals surface area contributed by atoms with Gasteiger partial charge in [-0.15, -0.1) is 0 Å². The summed E-state index contributed by atoms with van der Waals surface area (Å²) in [5.41, 5.74) is 2.80. The van der Waals surface area contributed by atoms with Crippen molar-refractivity contribution in [2.75, 3.05) is 10.2 Å². The van der Waals surface area contributed by atoms with Gasteiger partial charge in [-0.1, -0.05) is 48.0 Å². The quantitative estimate of drug-likeness (QED) is 0.463. The lowest BCUT2D eigenvalue weighted by molar-refractivity contribution is -0.128. The third-order valence-corrected chi connectivity index (χ3v) is 5.44. The molecule has 2 aromatic carbocycles. The van der Waals surface area contributed by atoms with E-state index in [1.54, 1.807) is 24.4 Å². The molecule has 0 saturated carbocycles. The Morgan fingerprint density at radius 3 is 2.22 bits per heavy atom. The molecule has 3 aromatic rings. The largest absolute Gasteiger partial charge is 0.349 e. The van der Waals surface area contributed by atoms with Crippen LogP contribution in [0.25, 0.3) is 0 Å². The van der Waals surface area contributed by atoms with Gasteiger partial charge in [-0.2, -0.15) is 0 Å². The molecule has 36 heavy (non-hydrogen) atoms. The number of aryl methyl sites for hydroxylation is 2. The molecule has 7 nitrogen and oxygen atoms in total. The number of nitrogens with zero attached hydrogens (tertiary/aromatic N) is 2. The summed E-state index contributed by atoms with van der Waals surface area (Å²) in [6.07, 6.45) is 1.47. The molecule has 3 amide bonds. The number of pyridine rings is 1. The van der Waals surface area contributed by atoms with Crippen LogP contribution in [0.2, 0.25) is 0 Å². The minimum absolute atomic E-state index is 0.0424. The van der Waals surface area contributed by atoms with Gasteiger partial charge >= 0.3 is 0 Å². The van der Waals surface area contributed by atoms with Gasteiger partial charge < -0.3 is 10.6 Å². The van der Waals surface area contributed by atoms with Crippen LogP contribution in [0.15, 0.2) is 72.9 Å². The lowest BCUT2D eigenvalue weighted by Crippen LogP contribution is -2.49. The fourth-order valence-electron chi connectivity index (χ4n) is 3.80. The van der Waals surface area contributed by atoms with Gasteiger partial charge in [0.2, 0.25) is 17.7 Å². The van der Waals surface area contributed by atoms with Crippen LogP contribution in [-0.4, -0.2) is 28.2 Å². The van der Waals surface area contributed by atoms with Gasteiger partial charge in [-0.25, -0.2) is 4.98 Å². The first kappa shape index (κ1) is 26.6. The SMILES string of the molecule is Cc1ccc([C@@H](C(=O)NC(C)(C)C)N(C(=O)CCC(=O)Nc2ccccn2)c2cccc(C)c2)cc1. The van der Waals surface area contributed by atoms with E-state index in [0.717, 1.165) is 11.1 Å². The Hall–Kier alpha value is -4.00. The van der Waals surface area contributed by atoms with Gasteiger partial charge in [-0.05, 0) is 70.0 Å². The van der Waals surface area contributed by atoms with Crippen molar-refractivity contribution in [3.8, 4) is 0 Å². The van der Waals surface area contributed by atoms with E-state index in [1.165, 1.54) is 4.90 Å². The maximum absolute atomic E-state index is 13.7. The average Bonchev–Trinajstić information content (AvgIpc) is 2.81. The van der Waals surface area contributed by atoms with E-state index in [4.69, 9.17) is 0 Å². The van der Waals surface area contributed by atoms with Crippen molar-refractivity contribution >= 4 is 29.2 Å². The Morgan fingerprint density at radius 1 is 0.889 bits per heavy atom. The highest BCUT2D eigenvalue weighted by Crippen LogP contribution is 2.30. The van der Waals surface area contributed by atoms with E-state index in [0.29, 0.717) is 17.1 Å². The number of amides is 3. The van der Waals surface area contributed by atoms with Gasteiger partial charge in [0.25, 0.3) is 0 Å². The number of benzene rings is 2. The lowest BCUT2D eigenvalue weighted by atomic mass is 9.99. The van der Waals surface area contributed by atoms with Crippen molar-refractivity contribution in [2.24, 2.45) is 0 Å². The number of rotatable bonds is 8. The molecule has 0 spiro atoms. The van der Waals surface area contributed by atoms with Gasteiger partial charge in [0, 0.05) is 30.3 Å². The van der Waals surface area contributed by atoms with Crippen LogP contribution in [0.1, 0.15) is 56.3 Å². The normalized spacial score (nSPS) is 11.9. The Labute approximate surface area is 212 Å². The predicted octanol–water partition coefficient (Wildman–Crippen LogP) is 5.11. The van der Waals surface area contributed by atoms with E-state index in [2.05, 4.69) is 15.6 Å². The number of aromatic nitrogens is 1. The Kier molecular flexibility index (Phi) is 8.59. The molecule has 0 unspecified atom stereocenters. The first-order chi connectivity index (χ1) is 17.0. The molecule has 3 rings (SSSR count). The van der Waals surface area contributed by atoms with E-state index in [-0.39, 0.29) is 30.6 Å². The van der Waals surface area contributed by atoms with Crippen molar-refractivity contribution in [1.29, 1.82) is 0 Å². The average molecular weight is 487 g/mol. The molecule has 7 heteroatoms. The van der Waals surface area contributed by atoms with Crippen LogP contribution in [0, 0.1) is 13.8 Å². The maximum atomic E-state index is 13.7. The number of carbonyl (C=O) groups excluding carboxylic acids is 3. The molecule has 2 N–H and O–H groups in total. The second-order valence-corrected chi connectivity index (χ2v) is 9.92. The smallest absolute Gasteiger partial charge is 0.248 e. The van der Waals surface area contributed by atoms with Crippen LogP contribution in [0.4, 0.5) is 11.5 Å². The molecular weight excluding hydrogens is 452 g/mol.